The van der Waals surface area contributed by atoms with E-state index in [2.05, 4.69) is 10.5 Å². The number of anilines is 1. The highest BCUT2D eigenvalue weighted by Crippen LogP contribution is 2.14. The van der Waals surface area contributed by atoms with Gasteiger partial charge >= 0.3 is 5.97 Å². The highest BCUT2D eigenvalue weighted by molar-refractivity contribution is 7.09. The molecule has 1 N–H and O–H groups in total. The van der Waals surface area contributed by atoms with Gasteiger partial charge in [0.05, 0.1) is 5.69 Å². The fourth-order valence-corrected chi connectivity index (χ4v) is 2.11. The first kappa shape index (κ1) is 14.8. The molecule has 1 aromatic carbocycles. The average Bonchev–Trinajstić information content (AvgIpc) is 2.97. The Kier molecular flexibility index (Phi) is 5.40. The van der Waals surface area contributed by atoms with Crippen molar-refractivity contribution in [2.75, 3.05) is 5.43 Å². The van der Waals surface area contributed by atoms with E-state index in [0.717, 1.165) is 4.88 Å². The van der Waals surface area contributed by atoms with Crippen molar-refractivity contribution in [3.8, 4) is 0 Å². The quantitative estimate of drug-likeness (QED) is 0.510. The summed E-state index contributed by atoms with van der Waals surface area (Å²) >= 11 is 13.0. The number of thiophene rings is 1. The van der Waals surface area contributed by atoms with Gasteiger partial charge in [-0.1, -0.05) is 29.3 Å². The zero-order valence-corrected chi connectivity index (χ0v) is 12.5. The number of carbonyl (C=O) groups excluding carboxylic acids is 1. The maximum absolute atomic E-state index is 11.6. The normalized spacial score (nSPS) is 11.2. The minimum atomic E-state index is -0.679. The number of benzene rings is 1. The fourth-order valence-electron chi connectivity index (χ4n) is 1.27. The van der Waals surface area contributed by atoms with Crippen LogP contribution in [0.3, 0.4) is 0 Å². The molecule has 0 aliphatic heterocycles. The van der Waals surface area contributed by atoms with Crippen LogP contribution in [-0.4, -0.2) is 11.1 Å². The van der Waals surface area contributed by atoms with Crippen LogP contribution in [0.25, 0.3) is 0 Å². The van der Waals surface area contributed by atoms with Gasteiger partial charge in [-0.25, -0.2) is 4.79 Å². The zero-order valence-electron chi connectivity index (χ0n) is 10.2. The minimum absolute atomic E-state index is 0.184. The van der Waals surface area contributed by atoms with Gasteiger partial charge in [-0.2, -0.15) is 5.10 Å². The molecule has 0 fully saturated rings. The lowest BCUT2D eigenvalue weighted by Gasteiger charge is -2.03. The van der Waals surface area contributed by atoms with E-state index in [-0.39, 0.29) is 11.8 Å². The van der Waals surface area contributed by atoms with E-state index in [9.17, 15) is 4.79 Å². The third-order valence-electron chi connectivity index (χ3n) is 2.22. The van der Waals surface area contributed by atoms with Crippen LogP contribution in [-0.2, 0) is 16.1 Å². The fraction of sp³-hybridized carbons (Fsp3) is 0.0769. The van der Waals surface area contributed by atoms with Crippen molar-refractivity contribution in [3.05, 3.63) is 51.7 Å². The number of halogens is 2. The molecule has 0 bridgehead atoms. The summed E-state index contributed by atoms with van der Waals surface area (Å²) in [6.45, 7) is 0.184. The molecule has 20 heavy (non-hydrogen) atoms. The average molecular weight is 329 g/mol. The van der Waals surface area contributed by atoms with Gasteiger partial charge in [0.2, 0.25) is 5.17 Å². The molecule has 1 heterocycles. The molecule has 0 atom stereocenters. The second-order valence-electron chi connectivity index (χ2n) is 3.68. The van der Waals surface area contributed by atoms with E-state index in [0.29, 0.717) is 10.7 Å². The first-order valence-electron chi connectivity index (χ1n) is 5.59. The Hall–Kier alpha value is -1.56. The number of esters is 1. The monoisotopic (exact) mass is 328 g/mol. The maximum atomic E-state index is 11.6. The second-order valence-corrected chi connectivity index (χ2v) is 5.50. The van der Waals surface area contributed by atoms with Crippen LogP contribution in [0.4, 0.5) is 5.69 Å². The molecule has 0 amide bonds. The molecule has 0 aliphatic carbocycles. The van der Waals surface area contributed by atoms with Crippen LogP contribution < -0.4 is 5.43 Å². The number of nitrogens with zero attached hydrogens (tertiary/aromatic N) is 1. The lowest BCUT2D eigenvalue weighted by molar-refractivity contribution is -0.136. The third-order valence-corrected chi connectivity index (χ3v) is 3.56. The van der Waals surface area contributed by atoms with E-state index in [1.54, 1.807) is 24.3 Å². The van der Waals surface area contributed by atoms with Gasteiger partial charge in [0.15, 0.2) is 0 Å². The van der Waals surface area contributed by atoms with Crippen LogP contribution in [0.15, 0.2) is 46.9 Å². The number of carbonyl (C=O) groups is 1. The topological polar surface area (TPSA) is 50.7 Å². The Morgan fingerprint density at radius 2 is 2.05 bits per heavy atom. The minimum Gasteiger partial charge on any atom is -0.455 e. The van der Waals surface area contributed by atoms with Crippen LogP contribution in [0, 0.1) is 0 Å². The second kappa shape index (κ2) is 7.28. The Morgan fingerprint density at radius 3 is 2.70 bits per heavy atom. The molecule has 2 aromatic rings. The molecule has 0 aliphatic rings. The van der Waals surface area contributed by atoms with Crippen LogP contribution in [0.1, 0.15) is 4.88 Å². The molecule has 7 heteroatoms. The van der Waals surface area contributed by atoms with Gasteiger partial charge in [-0.15, -0.1) is 11.3 Å². The number of hydrogen-bond donors (Lipinski definition) is 1. The summed E-state index contributed by atoms with van der Waals surface area (Å²) in [5.74, 6) is -0.679. The number of hydrazone groups is 1. The molecule has 0 spiro atoms. The molecular formula is C13H10Cl2N2O2S. The van der Waals surface area contributed by atoms with E-state index in [1.807, 2.05) is 17.5 Å². The molecule has 0 saturated carbocycles. The van der Waals surface area contributed by atoms with Crippen LogP contribution in [0.5, 0.6) is 0 Å². The summed E-state index contributed by atoms with van der Waals surface area (Å²) in [4.78, 5) is 12.5. The molecule has 104 valence electrons. The Balaban J connectivity index is 1.86. The van der Waals surface area contributed by atoms with Crippen LogP contribution >= 0.6 is 34.5 Å². The highest BCUT2D eigenvalue weighted by Gasteiger charge is 2.10. The SMILES string of the molecule is O=C(OCc1cccs1)/C(Cl)=N/Nc1ccc(Cl)cc1. The lowest BCUT2D eigenvalue weighted by atomic mass is 10.3. The molecule has 4 nitrogen and oxygen atoms in total. The van der Waals surface area contributed by atoms with E-state index >= 15 is 0 Å². The van der Waals surface area contributed by atoms with Gasteiger partial charge < -0.3 is 4.74 Å². The third kappa shape index (κ3) is 4.52. The van der Waals surface area contributed by atoms with Crippen molar-refractivity contribution in [2.45, 2.75) is 6.61 Å². The standard InChI is InChI=1S/C13H10Cl2N2O2S/c14-9-3-5-10(6-4-9)16-17-12(15)13(18)19-8-11-2-1-7-20-11/h1-7,16H,8H2/b17-12-. The lowest BCUT2D eigenvalue weighted by Crippen LogP contribution is -2.13. The van der Waals surface area contributed by atoms with Crippen molar-refractivity contribution in [3.63, 3.8) is 0 Å². The Morgan fingerprint density at radius 1 is 1.30 bits per heavy atom. The molecule has 1 aromatic heterocycles. The van der Waals surface area contributed by atoms with E-state index in [4.69, 9.17) is 27.9 Å². The smallest absolute Gasteiger partial charge is 0.371 e. The highest BCUT2D eigenvalue weighted by atomic mass is 35.5. The van der Waals surface area contributed by atoms with Crippen molar-refractivity contribution in [1.82, 2.24) is 0 Å². The Bertz CT molecular complexity index is 597. The zero-order chi connectivity index (χ0) is 14.4. The molecule has 0 saturated heterocycles. The number of ether oxygens (including phenoxy) is 1. The summed E-state index contributed by atoms with van der Waals surface area (Å²) in [5, 5.41) is 5.99. The van der Waals surface area contributed by atoms with Crippen molar-refractivity contribution in [2.24, 2.45) is 5.10 Å². The predicted octanol–water partition coefficient (Wildman–Crippen LogP) is 4.11. The summed E-state index contributed by atoms with van der Waals surface area (Å²) in [6, 6.07) is 10.6. The largest absolute Gasteiger partial charge is 0.455 e. The van der Waals surface area contributed by atoms with Crippen molar-refractivity contribution < 1.29 is 9.53 Å². The summed E-state index contributed by atoms with van der Waals surface area (Å²) in [7, 11) is 0. The van der Waals surface area contributed by atoms with E-state index in [1.165, 1.54) is 11.3 Å². The van der Waals surface area contributed by atoms with Gasteiger partial charge in [-0.3, -0.25) is 5.43 Å². The number of rotatable bonds is 5. The molecule has 0 unspecified atom stereocenters. The first-order valence-corrected chi connectivity index (χ1v) is 7.23. The molecule has 2 rings (SSSR count). The summed E-state index contributed by atoms with van der Waals surface area (Å²) in [5.41, 5.74) is 3.31. The first-order chi connectivity index (χ1) is 9.65. The van der Waals surface area contributed by atoms with Gasteiger partial charge in [0.1, 0.15) is 6.61 Å². The summed E-state index contributed by atoms with van der Waals surface area (Å²) < 4.78 is 5.00. The molecular weight excluding hydrogens is 319 g/mol. The predicted molar refractivity (Wildman–Crippen MR) is 82.5 cm³/mol. The van der Waals surface area contributed by atoms with Gasteiger partial charge in [-0.05, 0) is 35.7 Å². The van der Waals surface area contributed by atoms with Gasteiger partial charge in [0, 0.05) is 9.90 Å². The number of hydrogen-bond acceptors (Lipinski definition) is 5. The van der Waals surface area contributed by atoms with Gasteiger partial charge in [0.25, 0.3) is 0 Å². The Labute approximate surface area is 130 Å². The van der Waals surface area contributed by atoms with E-state index < -0.39 is 5.97 Å². The van der Waals surface area contributed by atoms with Crippen molar-refractivity contribution >= 4 is 51.4 Å². The van der Waals surface area contributed by atoms with Crippen LogP contribution in [0.2, 0.25) is 5.02 Å². The number of nitrogens with one attached hydrogen (secondary N) is 1. The summed E-state index contributed by atoms with van der Waals surface area (Å²) in [6.07, 6.45) is 0. The van der Waals surface area contributed by atoms with Crippen molar-refractivity contribution in [1.29, 1.82) is 0 Å². The maximum Gasteiger partial charge on any atom is 0.371 e. The molecule has 0 radical (unpaired) electrons.